The summed E-state index contributed by atoms with van der Waals surface area (Å²) in [5.74, 6) is -1.66. The zero-order valence-corrected chi connectivity index (χ0v) is 20.1. The molecule has 1 atom stereocenters. The van der Waals surface area contributed by atoms with E-state index in [0.717, 1.165) is 18.3 Å². The molecule has 38 heavy (non-hydrogen) atoms. The average Bonchev–Trinajstić information content (AvgIpc) is 3.38. The molecule has 0 bridgehead atoms. The van der Waals surface area contributed by atoms with Crippen molar-refractivity contribution in [3.05, 3.63) is 71.8 Å². The fraction of sp³-hybridized carbons (Fsp3) is 0.320. The van der Waals surface area contributed by atoms with Crippen LogP contribution in [-0.2, 0) is 22.3 Å². The van der Waals surface area contributed by atoms with E-state index in [4.69, 9.17) is 9.47 Å². The second kappa shape index (κ2) is 11.1. The van der Waals surface area contributed by atoms with Gasteiger partial charge in [-0.3, -0.25) is 14.6 Å². The highest BCUT2D eigenvalue weighted by atomic mass is 19.4. The van der Waals surface area contributed by atoms with Crippen molar-refractivity contribution in [2.24, 2.45) is 5.41 Å². The van der Waals surface area contributed by atoms with Crippen LogP contribution in [0.4, 0.5) is 28.9 Å². The second-order valence-electron chi connectivity index (χ2n) is 8.68. The number of nitrogens with zero attached hydrogens (tertiary/aromatic N) is 3. The minimum absolute atomic E-state index is 0.0143. The molecule has 1 amide bonds. The lowest BCUT2D eigenvalue weighted by Gasteiger charge is -2.25. The molecule has 3 aromatic rings. The third-order valence-electron chi connectivity index (χ3n) is 6.11. The Kier molecular flexibility index (Phi) is 7.86. The van der Waals surface area contributed by atoms with Gasteiger partial charge in [0.25, 0.3) is 0 Å². The molecule has 2 aromatic heterocycles. The van der Waals surface area contributed by atoms with Crippen LogP contribution >= 0.6 is 0 Å². The summed E-state index contributed by atoms with van der Waals surface area (Å²) < 4.78 is 65.4. The molecule has 1 saturated heterocycles. The molecule has 0 spiro atoms. The first-order chi connectivity index (χ1) is 18.1. The fourth-order valence-corrected chi connectivity index (χ4v) is 4.02. The number of carbonyl (C=O) groups excluding carboxylic acids is 2. The molecular formula is C25H23F4N5O4. The van der Waals surface area contributed by atoms with Gasteiger partial charge in [0.1, 0.15) is 17.9 Å². The summed E-state index contributed by atoms with van der Waals surface area (Å²) in [7, 11) is 1.25. The zero-order chi connectivity index (χ0) is 27.3. The summed E-state index contributed by atoms with van der Waals surface area (Å²) in [4.78, 5) is 37.3. The Morgan fingerprint density at radius 2 is 1.92 bits per heavy atom. The number of anilines is 2. The largest absolute Gasteiger partial charge is 0.497 e. The third-order valence-corrected chi connectivity index (χ3v) is 6.11. The molecule has 0 radical (unpaired) electrons. The van der Waals surface area contributed by atoms with Crippen molar-refractivity contribution in [3.63, 3.8) is 0 Å². The van der Waals surface area contributed by atoms with Crippen LogP contribution < -0.4 is 15.4 Å². The number of carbonyl (C=O) groups is 2. The van der Waals surface area contributed by atoms with Crippen molar-refractivity contribution in [1.82, 2.24) is 20.3 Å². The fourth-order valence-electron chi connectivity index (χ4n) is 4.02. The van der Waals surface area contributed by atoms with Crippen LogP contribution in [0.1, 0.15) is 34.5 Å². The molecular weight excluding hydrogens is 510 g/mol. The van der Waals surface area contributed by atoms with Gasteiger partial charge in [-0.2, -0.15) is 13.2 Å². The maximum absolute atomic E-state index is 14.8. The zero-order valence-electron chi connectivity index (χ0n) is 20.1. The number of nitrogens with one attached hydrogen (secondary N) is 2. The topological polar surface area (TPSA) is 115 Å². The summed E-state index contributed by atoms with van der Waals surface area (Å²) in [6.07, 6.45) is 0.621. The SMILES string of the molecule is COc1ccc(Nc2cnc(CNC(=O)[C@]3(CC(=O)c4cncnc4)CCOC3)c(F)c2)c(C(F)(F)F)c1. The minimum atomic E-state index is -4.68. The molecule has 2 N–H and O–H groups in total. The first kappa shape index (κ1) is 26.9. The molecule has 0 unspecified atom stereocenters. The number of hydrogen-bond acceptors (Lipinski definition) is 8. The van der Waals surface area contributed by atoms with Gasteiger partial charge in [0, 0.05) is 31.5 Å². The van der Waals surface area contributed by atoms with E-state index in [2.05, 4.69) is 25.6 Å². The molecule has 1 aliphatic rings. The number of amides is 1. The second-order valence-corrected chi connectivity index (χ2v) is 8.68. The average molecular weight is 533 g/mol. The molecule has 1 aromatic carbocycles. The number of benzene rings is 1. The van der Waals surface area contributed by atoms with Gasteiger partial charge in [0.15, 0.2) is 5.78 Å². The first-order valence-electron chi connectivity index (χ1n) is 11.4. The monoisotopic (exact) mass is 533 g/mol. The molecule has 1 fully saturated rings. The Bertz CT molecular complexity index is 1310. The molecule has 3 heterocycles. The van der Waals surface area contributed by atoms with Crippen molar-refractivity contribution >= 4 is 23.1 Å². The lowest BCUT2D eigenvalue weighted by Crippen LogP contribution is -2.43. The predicted octanol–water partition coefficient (Wildman–Crippen LogP) is 4.08. The van der Waals surface area contributed by atoms with Crippen LogP contribution in [-0.4, -0.2) is 47.0 Å². The number of pyridine rings is 1. The number of Topliss-reactive ketones (excluding diaryl/α,β-unsaturated/α-hetero) is 1. The molecule has 0 aliphatic carbocycles. The van der Waals surface area contributed by atoms with E-state index in [1.807, 2.05) is 0 Å². The van der Waals surface area contributed by atoms with Crippen LogP contribution in [0, 0.1) is 11.2 Å². The van der Waals surface area contributed by atoms with E-state index >= 15 is 0 Å². The maximum Gasteiger partial charge on any atom is 0.418 e. The Hall–Kier alpha value is -4.13. The van der Waals surface area contributed by atoms with Crippen LogP contribution in [0.5, 0.6) is 5.75 Å². The number of ketones is 1. The molecule has 0 saturated carbocycles. The lowest BCUT2D eigenvalue weighted by molar-refractivity contribution is -0.137. The Labute approximate surface area is 214 Å². The smallest absolute Gasteiger partial charge is 0.418 e. The van der Waals surface area contributed by atoms with E-state index in [-0.39, 0.29) is 60.3 Å². The Balaban J connectivity index is 1.44. The van der Waals surface area contributed by atoms with Gasteiger partial charge in [-0.05, 0) is 24.6 Å². The van der Waals surface area contributed by atoms with Crippen LogP contribution in [0.2, 0.25) is 0 Å². The summed E-state index contributed by atoms with van der Waals surface area (Å²) in [6.45, 7) is -0.00362. The van der Waals surface area contributed by atoms with E-state index in [0.29, 0.717) is 6.42 Å². The normalized spacial score (nSPS) is 17.2. The van der Waals surface area contributed by atoms with Gasteiger partial charge in [0.2, 0.25) is 5.91 Å². The number of halogens is 4. The van der Waals surface area contributed by atoms with Gasteiger partial charge in [-0.1, -0.05) is 0 Å². The predicted molar refractivity (Wildman–Crippen MR) is 126 cm³/mol. The standard InChI is InChI=1S/C25H23F4N5O4/c1-37-17-2-3-20(18(7-17)25(27,28)29)34-16-6-19(26)21(32-11-16)12-33-23(36)24(4-5-38-13-24)8-22(35)15-9-30-14-31-10-15/h2-3,6-7,9-11,14,34H,4-5,8,12-13H2,1H3,(H,33,36)/t24-/m0/s1. The highest BCUT2D eigenvalue weighted by Crippen LogP contribution is 2.38. The van der Waals surface area contributed by atoms with Crippen molar-refractivity contribution in [2.45, 2.75) is 25.6 Å². The maximum atomic E-state index is 14.8. The van der Waals surface area contributed by atoms with Gasteiger partial charge in [-0.25, -0.2) is 14.4 Å². The third kappa shape index (κ3) is 6.05. The lowest BCUT2D eigenvalue weighted by atomic mass is 9.80. The van der Waals surface area contributed by atoms with E-state index in [9.17, 15) is 27.2 Å². The number of ether oxygens (including phenoxy) is 2. The molecule has 4 rings (SSSR count). The summed E-state index contributed by atoms with van der Waals surface area (Å²) in [6, 6.07) is 4.31. The van der Waals surface area contributed by atoms with Crippen LogP contribution in [0.3, 0.4) is 0 Å². The Morgan fingerprint density at radius 1 is 1.16 bits per heavy atom. The number of hydrogen-bond donors (Lipinski definition) is 2. The van der Waals surface area contributed by atoms with Crippen LogP contribution in [0.15, 0.2) is 49.2 Å². The van der Waals surface area contributed by atoms with E-state index in [1.54, 1.807) is 0 Å². The van der Waals surface area contributed by atoms with Crippen molar-refractivity contribution in [2.75, 3.05) is 25.6 Å². The number of methoxy groups -OCH3 is 1. The highest BCUT2D eigenvalue weighted by Gasteiger charge is 2.44. The number of rotatable bonds is 9. The number of alkyl halides is 3. The quantitative estimate of drug-likeness (QED) is 0.312. The van der Waals surface area contributed by atoms with Crippen LogP contribution in [0.25, 0.3) is 0 Å². The Morgan fingerprint density at radius 3 is 2.55 bits per heavy atom. The molecule has 9 nitrogen and oxygen atoms in total. The molecule has 1 aliphatic heterocycles. The van der Waals surface area contributed by atoms with Gasteiger partial charge < -0.3 is 20.1 Å². The summed E-state index contributed by atoms with van der Waals surface area (Å²) >= 11 is 0. The summed E-state index contributed by atoms with van der Waals surface area (Å²) in [5, 5.41) is 5.12. The van der Waals surface area contributed by atoms with Crippen molar-refractivity contribution in [3.8, 4) is 5.75 Å². The minimum Gasteiger partial charge on any atom is -0.497 e. The number of aromatic nitrogens is 3. The van der Waals surface area contributed by atoms with Gasteiger partial charge in [0.05, 0.1) is 60.1 Å². The molecule has 13 heteroatoms. The first-order valence-corrected chi connectivity index (χ1v) is 11.4. The van der Waals surface area contributed by atoms with E-state index < -0.39 is 28.9 Å². The van der Waals surface area contributed by atoms with Gasteiger partial charge in [-0.15, -0.1) is 0 Å². The van der Waals surface area contributed by atoms with Crippen molar-refractivity contribution in [1.29, 1.82) is 0 Å². The van der Waals surface area contributed by atoms with Gasteiger partial charge >= 0.3 is 6.18 Å². The highest BCUT2D eigenvalue weighted by molar-refractivity contribution is 5.99. The molecule has 200 valence electrons. The van der Waals surface area contributed by atoms with E-state index in [1.165, 1.54) is 38.0 Å². The van der Waals surface area contributed by atoms with Crippen molar-refractivity contribution < 1.29 is 36.6 Å². The summed E-state index contributed by atoms with van der Waals surface area (Å²) in [5.41, 5.74) is -2.34.